The van der Waals surface area contributed by atoms with Gasteiger partial charge in [0.15, 0.2) is 5.69 Å². The van der Waals surface area contributed by atoms with E-state index in [0.717, 1.165) is 43.5 Å². The first-order chi connectivity index (χ1) is 13.8. The number of hydrogen-bond donors (Lipinski definition) is 1. The fourth-order valence-electron chi connectivity index (χ4n) is 7.00. The SMILES string of the molecule is O=C(c1n[nH]c2c1CCCC2)N1CCCC2=CC3CC(CN4CCCCC34)C21. The monoisotopic (exact) mass is 380 g/mol. The number of piperidine rings is 3. The number of hydrogen-bond acceptors (Lipinski definition) is 3. The summed E-state index contributed by atoms with van der Waals surface area (Å²) in [5.41, 5.74) is 4.71. The third kappa shape index (κ3) is 2.62. The van der Waals surface area contributed by atoms with Crippen LogP contribution in [0.25, 0.3) is 0 Å². The molecule has 6 rings (SSSR count). The number of fused-ring (bicyclic) bond motifs is 7. The van der Waals surface area contributed by atoms with Crippen molar-refractivity contribution in [3.63, 3.8) is 0 Å². The van der Waals surface area contributed by atoms with Crippen LogP contribution in [0.3, 0.4) is 0 Å². The van der Waals surface area contributed by atoms with Crippen LogP contribution in [-0.2, 0) is 12.8 Å². The third-order valence-electron chi connectivity index (χ3n) is 8.18. The minimum Gasteiger partial charge on any atom is -0.330 e. The number of nitrogens with one attached hydrogen (secondary N) is 1. The topological polar surface area (TPSA) is 52.2 Å². The summed E-state index contributed by atoms with van der Waals surface area (Å²) in [5.74, 6) is 1.52. The van der Waals surface area contributed by atoms with Crippen LogP contribution in [0.1, 0.15) is 73.1 Å². The van der Waals surface area contributed by atoms with Crippen LogP contribution in [0, 0.1) is 11.8 Å². The van der Waals surface area contributed by atoms with E-state index in [2.05, 4.69) is 26.1 Å². The smallest absolute Gasteiger partial charge is 0.275 e. The zero-order chi connectivity index (χ0) is 18.7. The molecule has 5 heteroatoms. The lowest BCUT2D eigenvalue weighted by Crippen LogP contribution is -2.60. The molecule has 0 saturated carbocycles. The van der Waals surface area contributed by atoms with E-state index in [1.807, 2.05) is 0 Å². The van der Waals surface area contributed by atoms with Crippen LogP contribution in [0.2, 0.25) is 0 Å². The van der Waals surface area contributed by atoms with Crippen molar-refractivity contribution in [1.82, 2.24) is 20.0 Å². The second-order valence-electron chi connectivity index (χ2n) is 9.74. The van der Waals surface area contributed by atoms with Gasteiger partial charge < -0.3 is 4.90 Å². The van der Waals surface area contributed by atoms with Crippen LogP contribution in [0.4, 0.5) is 0 Å². The first kappa shape index (κ1) is 17.3. The van der Waals surface area contributed by atoms with E-state index in [4.69, 9.17) is 0 Å². The molecule has 28 heavy (non-hydrogen) atoms. The Balaban J connectivity index is 1.32. The number of amides is 1. The molecule has 4 unspecified atom stereocenters. The van der Waals surface area contributed by atoms with Gasteiger partial charge in [-0.3, -0.25) is 14.8 Å². The lowest BCUT2D eigenvalue weighted by atomic mass is 9.68. The quantitative estimate of drug-likeness (QED) is 0.761. The highest BCUT2D eigenvalue weighted by Gasteiger charge is 2.47. The third-order valence-corrected chi connectivity index (χ3v) is 8.18. The van der Waals surface area contributed by atoms with Gasteiger partial charge in [0.1, 0.15) is 0 Å². The van der Waals surface area contributed by atoms with Gasteiger partial charge in [0.2, 0.25) is 0 Å². The molecule has 1 amide bonds. The predicted molar refractivity (Wildman–Crippen MR) is 108 cm³/mol. The van der Waals surface area contributed by atoms with Gasteiger partial charge in [0.05, 0.1) is 6.04 Å². The molecule has 0 spiro atoms. The first-order valence-electron chi connectivity index (χ1n) is 11.6. The molecule has 4 atom stereocenters. The van der Waals surface area contributed by atoms with E-state index < -0.39 is 0 Å². The van der Waals surface area contributed by atoms with Gasteiger partial charge in [-0.25, -0.2) is 0 Å². The molecule has 2 aliphatic carbocycles. The van der Waals surface area contributed by atoms with Crippen molar-refractivity contribution in [2.45, 2.75) is 76.3 Å². The molecule has 3 fully saturated rings. The van der Waals surface area contributed by atoms with Gasteiger partial charge >= 0.3 is 0 Å². The predicted octanol–water partition coefficient (Wildman–Crippen LogP) is 3.32. The Kier molecular flexibility index (Phi) is 4.14. The van der Waals surface area contributed by atoms with Gasteiger partial charge in [-0.1, -0.05) is 18.1 Å². The van der Waals surface area contributed by atoms with Gasteiger partial charge in [-0.15, -0.1) is 0 Å². The van der Waals surface area contributed by atoms with E-state index in [0.29, 0.717) is 12.0 Å². The van der Waals surface area contributed by atoms with Crippen LogP contribution in [0.15, 0.2) is 11.6 Å². The Bertz CT molecular complexity index is 812. The molecule has 3 saturated heterocycles. The van der Waals surface area contributed by atoms with Crippen molar-refractivity contribution in [1.29, 1.82) is 0 Å². The van der Waals surface area contributed by atoms with Gasteiger partial charge in [-0.05, 0) is 76.2 Å². The normalized spacial score (nSPS) is 34.9. The summed E-state index contributed by atoms with van der Waals surface area (Å²) in [5, 5.41) is 7.69. The van der Waals surface area contributed by atoms with Gasteiger partial charge in [-0.2, -0.15) is 5.10 Å². The molecule has 1 N–H and O–H groups in total. The standard InChI is InChI=1S/C23H32N4O/c28-23(21-18-7-1-2-8-19(18)24-25-21)27-11-5-6-15-12-16-13-17(22(15)27)14-26-10-4-3-9-20(16)26/h12,16-17,20,22H,1-11,13-14H2,(H,24,25). The van der Waals surface area contributed by atoms with Crippen molar-refractivity contribution in [3.05, 3.63) is 28.6 Å². The summed E-state index contributed by atoms with van der Waals surface area (Å²) in [6.45, 7) is 3.34. The number of rotatable bonds is 1. The van der Waals surface area contributed by atoms with Crippen molar-refractivity contribution in [2.75, 3.05) is 19.6 Å². The highest BCUT2D eigenvalue weighted by Crippen LogP contribution is 2.45. The fraction of sp³-hybridized carbons (Fsp3) is 0.739. The van der Waals surface area contributed by atoms with Crippen molar-refractivity contribution >= 4 is 5.91 Å². The fourth-order valence-corrected chi connectivity index (χ4v) is 7.00. The maximum atomic E-state index is 13.6. The Hall–Kier alpha value is -1.62. The Morgan fingerprint density at radius 3 is 2.96 bits per heavy atom. The second kappa shape index (κ2) is 6.72. The van der Waals surface area contributed by atoms with E-state index >= 15 is 0 Å². The largest absolute Gasteiger partial charge is 0.330 e. The van der Waals surface area contributed by atoms with E-state index in [9.17, 15) is 4.79 Å². The van der Waals surface area contributed by atoms with Crippen molar-refractivity contribution in [2.24, 2.45) is 11.8 Å². The summed E-state index contributed by atoms with van der Waals surface area (Å²) in [6.07, 6.45) is 14.7. The number of H-pyrrole nitrogens is 1. The summed E-state index contributed by atoms with van der Waals surface area (Å²) >= 11 is 0. The van der Waals surface area contributed by atoms with Gasteiger partial charge in [0, 0.05) is 30.4 Å². The van der Waals surface area contributed by atoms with Crippen molar-refractivity contribution < 1.29 is 4.79 Å². The summed E-state index contributed by atoms with van der Waals surface area (Å²) < 4.78 is 0. The number of aromatic amines is 1. The van der Waals surface area contributed by atoms with E-state index in [1.165, 1.54) is 69.3 Å². The molecule has 3 aliphatic heterocycles. The number of aryl methyl sites for hydroxylation is 1. The minimum absolute atomic E-state index is 0.189. The molecular formula is C23H32N4O. The van der Waals surface area contributed by atoms with E-state index in [-0.39, 0.29) is 5.91 Å². The molecule has 0 aromatic carbocycles. The first-order valence-corrected chi connectivity index (χ1v) is 11.6. The average Bonchev–Trinajstić information content (AvgIpc) is 3.17. The molecule has 0 radical (unpaired) electrons. The van der Waals surface area contributed by atoms with Crippen molar-refractivity contribution in [3.8, 4) is 0 Å². The van der Waals surface area contributed by atoms with Crippen LogP contribution < -0.4 is 0 Å². The maximum Gasteiger partial charge on any atom is 0.275 e. The molecule has 150 valence electrons. The molecule has 5 aliphatic rings. The highest BCUT2D eigenvalue weighted by atomic mass is 16.2. The lowest BCUT2D eigenvalue weighted by molar-refractivity contribution is 0.00128. The second-order valence-corrected chi connectivity index (χ2v) is 9.74. The number of nitrogens with zero attached hydrogens (tertiary/aromatic N) is 3. The molecule has 1 aromatic rings. The number of likely N-dealkylation sites (tertiary alicyclic amines) is 1. The van der Waals surface area contributed by atoms with Gasteiger partial charge in [0.25, 0.3) is 5.91 Å². The lowest BCUT2D eigenvalue weighted by Gasteiger charge is -2.54. The van der Waals surface area contributed by atoms with Crippen LogP contribution >= 0.6 is 0 Å². The Labute approximate surface area is 167 Å². The van der Waals surface area contributed by atoms with E-state index in [1.54, 1.807) is 5.57 Å². The molecule has 2 bridgehead atoms. The van der Waals surface area contributed by atoms with Crippen LogP contribution in [-0.4, -0.2) is 57.6 Å². The number of aromatic nitrogens is 2. The Morgan fingerprint density at radius 2 is 2.00 bits per heavy atom. The van der Waals surface area contributed by atoms with Crippen LogP contribution in [0.5, 0.6) is 0 Å². The molecule has 5 nitrogen and oxygen atoms in total. The summed E-state index contributed by atoms with van der Waals surface area (Å²) in [7, 11) is 0. The zero-order valence-electron chi connectivity index (χ0n) is 16.8. The molecular weight excluding hydrogens is 348 g/mol. The summed E-state index contributed by atoms with van der Waals surface area (Å²) in [4.78, 5) is 18.6. The Morgan fingerprint density at radius 1 is 1.07 bits per heavy atom. The maximum absolute atomic E-state index is 13.6. The molecule has 1 aromatic heterocycles. The minimum atomic E-state index is 0.189. The number of carbonyl (C=O) groups is 1. The number of carbonyl (C=O) groups excluding carboxylic acids is 1. The summed E-state index contributed by atoms with van der Waals surface area (Å²) in [6, 6.07) is 1.08. The molecule has 4 heterocycles. The highest BCUT2D eigenvalue weighted by molar-refractivity contribution is 5.94. The average molecular weight is 381 g/mol. The zero-order valence-corrected chi connectivity index (χ0v) is 16.8.